The Balaban J connectivity index is 1.25. The number of benzene rings is 2. The molecule has 2 aliphatic heterocycles. The molecule has 30 heavy (non-hydrogen) atoms. The fourth-order valence-corrected chi connectivity index (χ4v) is 4.59. The minimum absolute atomic E-state index is 0.0262. The molecule has 1 saturated heterocycles. The highest BCUT2D eigenvalue weighted by atomic mass is 19.1. The summed E-state index contributed by atoms with van der Waals surface area (Å²) in [6.45, 7) is 3.47. The van der Waals surface area contributed by atoms with Gasteiger partial charge in [-0.1, -0.05) is 23.4 Å². The highest BCUT2D eigenvalue weighted by Crippen LogP contribution is 2.33. The molecule has 1 aromatic heterocycles. The Morgan fingerprint density at radius 2 is 1.97 bits per heavy atom. The number of rotatable bonds is 3. The minimum atomic E-state index is -0.502. The second-order valence-corrected chi connectivity index (χ2v) is 8.07. The molecule has 3 aromatic rings. The predicted octanol–water partition coefficient (Wildman–Crippen LogP) is 3.72. The Bertz CT molecular complexity index is 1130. The quantitative estimate of drug-likeness (QED) is 0.664. The standard InChI is InChI=1S/C23H22FN3O3/c1-14(27-13-16-4-2-3-5-18(16)23(27)29)22(28)26-10-8-15(9-11-26)21-19-7-6-17(24)12-20(19)30-25-21/h2-7,12,14-15H,8-11,13H2,1H3/t14-/m0/s1. The van der Waals surface area contributed by atoms with Crippen LogP contribution in [0.2, 0.25) is 0 Å². The van der Waals surface area contributed by atoms with Crippen molar-refractivity contribution in [2.75, 3.05) is 13.1 Å². The van der Waals surface area contributed by atoms with Gasteiger partial charge in [0, 0.05) is 42.6 Å². The molecule has 0 radical (unpaired) electrons. The molecule has 0 spiro atoms. The summed E-state index contributed by atoms with van der Waals surface area (Å²) >= 11 is 0. The molecule has 2 aliphatic rings. The molecule has 5 rings (SSSR count). The average Bonchev–Trinajstić information content (AvgIpc) is 3.34. The lowest BCUT2D eigenvalue weighted by atomic mass is 9.91. The molecule has 0 N–H and O–H groups in total. The van der Waals surface area contributed by atoms with E-state index in [2.05, 4.69) is 5.16 Å². The van der Waals surface area contributed by atoms with Crippen LogP contribution < -0.4 is 0 Å². The number of halogens is 1. The van der Waals surface area contributed by atoms with E-state index in [-0.39, 0.29) is 23.5 Å². The van der Waals surface area contributed by atoms with Gasteiger partial charge in [-0.15, -0.1) is 0 Å². The lowest BCUT2D eigenvalue weighted by molar-refractivity contribution is -0.136. The summed E-state index contributed by atoms with van der Waals surface area (Å²) in [6.07, 6.45) is 1.51. The number of aromatic nitrogens is 1. The van der Waals surface area contributed by atoms with Crippen molar-refractivity contribution in [1.29, 1.82) is 0 Å². The van der Waals surface area contributed by atoms with Crippen molar-refractivity contribution in [2.45, 2.75) is 38.3 Å². The summed E-state index contributed by atoms with van der Waals surface area (Å²) in [5.41, 5.74) is 2.93. The molecule has 0 aliphatic carbocycles. The molecule has 6 nitrogen and oxygen atoms in total. The van der Waals surface area contributed by atoms with Crippen molar-refractivity contribution in [2.24, 2.45) is 0 Å². The Morgan fingerprint density at radius 3 is 2.73 bits per heavy atom. The number of carbonyl (C=O) groups excluding carboxylic acids is 2. The molecule has 1 fully saturated rings. The maximum Gasteiger partial charge on any atom is 0.255 e. The molecular formula is C23H22FN3O3. The zero-order valence-corrected chi connectivity index (χ0v) is 16.7. The van der Waals surface area contributed by atoms with E-state index in [0.29, 0.717) is 30.8 Å². The minimum Gasteiger partial charge on any atom is -0.356 e. The number of likely N-dealkylation sites (tertiary alicyclic amines) is 1. The van der Waals surface area contributed by atoms with Crippen LogP contribution in [0.15, 0.2) is 47.0 Å². The van der Waals surface area contributed by atoms with Crippen molar-refractivity contribution in [1.82, 2.24) is 15.0 Å². The average molecular weight is 407 g/mol. The molecular weight excluding hydrogens is 385 g/mol. The molecule has 2 aromatic carbocycles. The van der Waals surface area contributed by atoms with Gasteiger partial charge in [0.25, 0.3) is 5.91 Å². The van der Waals surface area contributed by atoms with Gasteiger partial charge in [0.1, 0.15) is 11.9 Å². The van der Waals surface area contributed by atoms with Crippen LogP contribution in [0.4, 0.5) is 4.39 Å². The Kier molecular flexibility index (Phi) is 4.53. The molecule has 0 unspecified atom stereocenters. The third kappa shape index (κ3) is 3.05. The van der Waals surface area contributed by atoms with Crippen LogP contribution in [0.1, 0.15) is 47.3 Å². The third-order valence-corrected chi connectivity index (χ3v) is 6.33. The lowest BCUT2D eigenvalue weighted by Crippen LogP contribution is -2.49. The largest absolute Gasteiger partial charge is 0.356 e. The fourth-order valence-electron chi connectivity index (χ4n) is 4.59. The Labute approximate surface area is 173 Å². The molecule has 0 saturated carbocycles. The van der Waals surface area contributed by atoms with Gasteiger partial charge in [-0.3, -0.25) is 9.59 Å². The van der Waals surface area contributed by atoms with Gasteiger partial charge in [0.05, 0.1) is 5.69 Å². The van der Waals surface area contributed by atoms with Crippen molar-refractivity contribution < 1.29 is 18.5 Å². The Morgan fingerprint density at radius 1 is 1.20 bits per heavy atom. The third-order valence-electron chi connectivity index (χ3n) is 6.33. The van der Waals surface area contributed by atoms with Crippen LogP contribution in [0.3, 0.4) is 0 Å². The van der Waals surface area contributed by atoms with E-state index < -0.39 is 6.04 Å². The van der Waals surface area contributed by atoms with Crippen LogP contribution in [-0.4, -0.2) is 45.9 Å². The summed E-state index contributed by atoms with van der Waals surface area (Å²) in [6, 6.07) is 11.5. The van der Waals surface area contributed by atoms with Gasteiger partial charge in [-0.05, 0) is 43.5 Å². The van der Waals surface area contributed by atoms with E-state index in [1.54, 1.807) is 17.9 Å². The first-order chi connectivity index (χ1) is 14.5. The van der Waals surface area contributed by atoms with Crippen LogP contribution in [0.5, 0.6) is 0 Å². The number of hydrogen-bond acceptors (Lipinski definition) is 4. The van der Waals surface area contributed by atoms with E-state index in [4.69, 9.17) is 4.52 Å². The van der Waals surface area contributed by atoms with E-state index >= 15 is 0 Å². The Hall–Kier alpha value is -3.22. The summed E-state index contributed by atoms with van der Waals surface area (Å²) < 4.78 is 18.7. The lowest BCUT2D eigenvalue weighted by Gasteiger charge is -2.35. The van der Waals surface area contributed by atoms with Crippen LogP contribution in [0.25, 0.3) is 11.0 Å². The van der Waals surface area contributed by atoms with Crippen LogP contribution >= 0.6 is 0 Å². The number of nitrogens with zero attached hydrogens (tertiary/aromatic N) is 3. The second-order valence-electron chi connectivity index (χ2n) is 8.07. The highest BCUT2D eigenvalue weighted by molar-refractivity contribution is 6.01. The number of hydrogen-bond donors (Lipinski definition) is 0. The zero-order chi connectivity index (χ0) is 20.8. The van der Waals surface area contributed by atoms with Crippen molar-refractivity contribution in [3.05, 3.63) is 65.1 Å². The smallest absolute Gasteiger partial charge is 0.255 e. The summed E-state index contributed by atoms with van der Waals surface area (Å²) in [5, 5.41) is 4.99. The first kappa shape index (κ1) is 18.8. The summed E-state index contributed by atoms with van der Waals surface area (Å²) in [7, 11) is 0. The van der Waals surface area contributed by atoms with Gasteiger partial charge in [-0.25, -0.2) is 4.39 Å². The maximum absolute atomic E-state index is 13.4. The van der Waals surface area contributed by atoms with Gasteiger partial charge in [0.2, 0.25) is 5.91 Å². The van der Waals surface area contributed by atoms with Gasteiger partial charge in [0.15, 0.2) is 5.58 Å². The van der Waals surface area contributed by atoms with E-state index in [1.807, 2.05) is 29.2 Å². The highest BCUT2D eigenvalue weighted by Gasteiger charge is 2.36. The summed E-state index contributed by atoms with van der Waals surface area (Å²) in [5.74, 6) is -0.295. The first-order valence-corrected chi connectivity index (χ1v) is 10.3. The van der Waals surface area contributed by atoms with E-state index in [9.17, 15) is 14.0 Å². The summed E-state index contributed by atoms with van der Waals surface area (Å²) in [4.78, 5) is 29.3. The maximum atomic E-state index is 13.4. The zero-order valence-electron chi connectivity index (χ0n) is 16.7. The fraction of sp³-hybridized carbons (Fsp3) is 0.348. The van der Waals surface area contributed by atoms with Gasteiger partial charge >= 0.3 is 0 Å². The number of amides is 2. The van der Waals surface area contributed by atoms with Gasteiger partial charge in [-0.2, -0.15) is 0 Å². The van der Waals surface area contributed by atoms with Crippen molar-refractivity contribution in [3.8, 4) is 0 Å². The van der Waals surface area contributed by atoms with Crippen molar-refractivity contribution in [3.63, 3.8) is 0 Å². The van der Waals surface area contributed by atoms with Crippen LogP contribution in [0, 0.1) is 5.82 Å². The SMILES string of the molecule is C[C@@H](C(=O)N1CCC(c2noc3cc(F)ccc23)CC1)N1Cc2ccccc2C1=O. The topological polar surface area (TPSA) is 66.7 Å². The van der Waals surface area contributed by atoms with E-state index in [1.165, 1.54) is 12.1 Å². The molecule has 0 bridgehead atoms. The normalized spacial score (nSPS) is 18.1. The molecule has 1 atom stereocenters. The van der Waals surface area contributed by atoms with E-state index in [0.717, 1.165) is 29.5 Å². The van der Waals surface area contributed by atoms with Gasteiger partial charge < -0.3 is 14.3 Å². The molecule has 2 amide bonds. The molecule has 3 heterocycles. The predicted molar refractivity (Wildman–Crippen MR) is 108 cm³/mol. The number of fused-ring (bicyclic) bond motifs is 2. The second kappa shape index (κ2) is 7.23. The first-order valence-electron chi connectivity index (χ1n) is 10.3. The van der Waals surface area contributed by atoms with Crippen molar-refractivity contribution >= 4 is 22.8 Å². The number of piperidine rings is 1. The monoisotopic (exact) mass is 407 g/mol. The number of carbonyl (C=O) groups is 2. The molecule has 154 valence electrons. The molecule has 7 heteroatoms. The van der Waals surface area contributed by atoms with Crippen LogP contribution in [-0.2, 0) is 11.3 Å².